The van der Waals surface area contributed by atoms with E-state index in [-0.39, 0.29) is 42.4 Å². The number of morpholine rings is 1. The number of sulfonamides is 1. The van der Waals surface area contributed by atoms with Crippen LogP contribution in [0.1, 0.15) is 36.5 Å². The first-order valence-corrected chi connectivity index (χ1v) is 13.0. The van der Waals surface area contributed by atoms with E-state index in [1.807, 2.05) is 4.90 Å². The Morgan fingerprint density at radius 1 is 1.21 bits per heavy atom. The minimum Gasteiger partial charge on any atom is -0.490 e. The molecular weight excluding hydrogens is 450 g/mol. The molecule has 11 heteroatoms. The van der Waals surface area contributed by atoms with Gasteiger partial charge in [-0.2, -0.15) is 0 Å². The van der Waals surface area contributed by atoms with E-state index in [9.17, 15) is 18.0 Å². The topological polar surface area (TPSA) is 114 Å². The van der Waals surface area contributed by atoms with E-state index >= 15 is 0 Å². The molecule has 0 unspecified atom stereocenters. The Morgan fingerprint density at radius 2 is 1.97 bits per heavy atom. The Morgan fingerprint density at radius 3 is 2.70 bits per heavy atom. The normalized spacial score (nSPS) is 25.9. The molecule has 2 fully saturated rings. The van der Waals surface area contributed by atoms with Gasteiger partial charge in [0.2, 0.25) is 15.9 Å². The summed E-state index contributed by atoms with van der Waals surface area (Å²) in [6.07, 6.45) is 1.07. The smallest absolute Gasteiger partial charge is 0.257 e. The maximum Gasteiger partial charge on any atom is 0.257 e. The van der Waals surface area contributed by atoms with Gasteiger partial charge in [0.25, 0.3) is 5.91 Å². The molecule has 3 heterocycles. The van der Waals surface area contributed by atoms with Gasteiger partial charge < -0.3 is 24.0 Å². The van der Waals surface area contributed by atoms with Gasteiger partial charge in [-0.1, -0.05) is 0 Å². The molecule has 33 heavy (non-hydrogen) atoms. The van der Waals surface area contributed by atoms with Crippen LogP contribution in [0.25, 0.3) is 0 Å². The summed E-state index contributed by atoms with van der Waals surface area (Å²) in [5.74, 6) is 0.110. The van der Waals surface area contributed by atoms with Gasteiger partial charge in [0.15, 0.2) is 0 Å². The lowest BCUT2D eigenvalue weighted by Gasteiger charge is -2.42. The van der Waals surface area contributed by atoms with Crippen LogP contribution in [0.4, 0.5) is 5.69 Å². The number of fused-ring (bicyclic) bond motifs is 2. The third-order valence-electron chi connectivity index (χ3n) is 6.43. The standard InChI is InChI=1S/C22H31N3O7S/c1-3-33(28,29)23-15-4-7-19-17(12-15)22(27)24(2)18-6-5-16(32-20(18)14-31-19)13-21(26)25-8-10-30-11-9-25/h4,7,12,16,18,20,23H,3,5-6,8-11,13-14H2,1-2H3/t16-,18+,20+/m1/s1. The Balaban J connectivity index is 1.46. The van der Waals surface area contributed by atoms with E-state index < -0.39 is 10.0 Å². The van der Waals surface area contributed by atoms with Crippen molar-refractivity contribution in [3.05, 3.63) is 23.8 Å². The first kappa shape index (κ1) is 23.8. The number of rotatable bonds is 5. The van der Waals surface area contributed by atoms with E-state index in [1.165, 1.54) is 6.07 Å². The molecule has 0 saturated carbocycles. The van der Waals surface area contributed by atoms with Gasteiger partial charge in [-0.25, -0.2) is 8.42 Å². The Kier molecular flexibility index (Phi) is 7.10. The maximum atomic E-state index is 13.2. The average molecular weight is 482 g/mol. The molecule has 1 aromatic rings. The SMILES string of the molecule is CCS(=O)(=O)Nc1ccc2c(c1)C(=O)N(C)[C@H]1CC[C@H](CC(=O)N3CCOCC3)O[C@H]1CO2. The number of hydrogen-bond donors (Lipinski definition) is 1. The van der Waals surface area contributed by atoms with Crippen LogP contribution in [0.3, 0.4) is 0 Å². The first-order chi connectivity index (χ1) is 15.8. The maximum absolute atomic E-state index is 13.2. The highest BCUT2D eigenvalue weighted by molar-refractivity contribution is 7.92. The van der Waals surface area contributed by atoms with Crippen LogP contribution in [0.5, 0.6) is 5.75 Å². The van der Waals surface area contributed by atoms with Crippen molar-refractivity contribution >= 4 is 27.5 Å². The second kappa shape index (κ2) is 9.86. The number of nitrogens with one attached hydrogen (secondary N) is 1. The number of nitrogens with zero attached hydrogens (tertiary/aromatic N) is 2. The summed E-state index contributed by atoms with van der Waals surface area (Å²) < 4.78 is 43.8. The predicted molar refractivity (Wildman–Crippen MR) is 121 cm³/mol. The number of carbonyl (C=O) groups excluding carboxylic acids is 2. The summed E-state index contributed by atoms with van der Waals surface area (Å²) in [5.41, 5.74) is 0.622. The van der Waals surface area contributed by atoms with E-state index in [1.54, 1.807) is 31.0 Å². The highest BCUT2D eigenvalue weighted by atomic mass is 32.2. The van der Waals surface area contributed by atoms with Crippen molar-refractivity contribution in [1.82, 2.24) is 9.80 Å². The zero-order valence-electron chi connectivity index (χ0n) is 19.0. The van der Waals surface area contributed by atoms with Crippen molar-refractivity contribution in [3.63, 3.8) is 0 Å². The molecule has 1 N–H and O–H groups in total. The zero-order chi connectivity index (χ0) is 23.6. The number of carbonyl (C=O) groups is 2. The number of ether oxygens (including phenoxy) is 3. The number of amides is 2. The van der Waals surface area contributed by atoms with Gasteiger partial charge >= 0.3 is 0 Å². The third kappa shape index (κ3) is 5.42. The Bertz CT molecular complexity index is 994. The monoisotopic (exact) mass is 481 g/mol. The van der Waals surface area contributed by atoms with Gasteiger partial charge in [0.1, 0.15) is 18.5 Å². The minimum atomic E-state index is -3.46. The second-order valence-corrected chi connectivity index (χ2v) is 10.6. The lowest BCUT2D eigenvalue weighted by atomic mass is 9.94. The summed E-state index contributed by atoms with van der Waals surface area (Å²) in [6, 6.07) is 4.48. The molecule has 3 atom stereocenters. The number of benzene rings is 1. The van der Waals surface area contributed by atoms with Gasteiger partial charge in [0.05, 0.1) is 43.1 Å². The molecule has 3 aliphatic heterocycles. The number of hydrogen-bond acceptors (Lipinski definition) is 7. The van der Waals surface area contributed by atoms with Crippen LogP contribution >= 0.6 is 0 Å². The van der Waals surface area contributed by atoms with E-state index in [0.29, 0.717) is 62.6 Å². The van der Waals surface area contributed by atoms with Crippen LogP contribution in [-0.4, -0.2) is 94.0 Å². The van der Waals surface area contributed by atoms with Crippen molar-refractivity contribution in [2.45, 2.75) is 44.4 Å². The average Bonchev–Trinajstić information content (AvgIpc) is 2.82. The summed E-state index contributed by atoms with van der Waals surface area (Å²) in [6.45, 7) is 4.10. The lowest BCUT2D eigenvalue weighted by molar-refractivity contribution is -0.146. The summed E-state index contributed by atoms with van der Waals surface area (Å²) >= 11 is 0. The van der Waals surface area contributed by atoms with Crippen LogP contribution in [-0.2, 0) is 24.3 Å². The van der Waals surface area contributed by atoms with Crippen molar-refractivity contribution in [3.8, 4) is 5.75 Å². The fourth-order valence-electron chi connectivity index (χ4n) is 4.48. The molecule has 0 bridgehead atoms. The summed E-state index contributed by atoms with van der Waals surface area (Å²) in [5, 5.41) is 0. The van der Waals surface area contributed by atoms with Gasteiger partial charge in [-0.3, -0.25) is 14.3 Å². The largest absolute Gasteiger partial charge is 0.490 e. The first-order valence-electron chi connectivity index (χ1n) is 11.3. The molecule has 182 valence electrons. The lowest BCUT2D eigenvalue weighted by Crippen LogP contribution is -2.54. The highest BCUT2D eigenvalue weighted by Gasteiger charge is 2.39. The molecule has 4 rings (SSSR count). The number of anilines is 1. The Labute approximate surface area is 194 Å². The molecule has 2 saturated heterocycles. The fourth-order valence-corrected chi connectivity index (χ4v) is 5.11. The van der Waals surface area contributed by atoms with Crippen molar-refractivity contribution in [2.24, 2.45) is 0 Å². The van der Waals surface area contributed by atoms with Crippen LogP contribution < -0.4 is 9.46 Å². The van der Waals surface area contributed by atoms with Crippen LogP contribution in [0.2, 0.25) is 0 Å². The molecule has 0 aromatic heterocycles. The van der Waals surface area contributed by atoms with Crippen LogP contribution in [0.15, 0.2) is 18.2 Å². The number of likely N-dealkylation sites (N-methyl/N-ethyl adjacent to an activating group) is 1. The molecule has 0 radical (unpaired) electrons. The third-order valence-corrected chi connectivity index (χ3v) is 7.74. The molecular formula is C22H31N3O7S. The van der Waals surface area contributed by atoms with Gasteiger partial charge in [-0.15, -0.1) is 0 Å². The van der Waals surface area contributed by atoms with Gasteiger partial charge in [-0.05, 0) is 38.0 Å². The molecule has 3 aliphatic rings. The van der Waals surface area contributed by atoms with Crippen molar-refractivity contribution in [2.75, 3.05) is 50.4 Å². The highest BCUT2D eigenvalue weighted by Crippen LogP contribution is 2.33. The predicted octanol–water partition coefficient (Wildman–Crippen LogP) is 1.08. The summed E-state index contributed by atoms with van der Waals surface area (Å²) in [4.78, 5) is 29.3. The van der Waals surface area contributed by atoms with Crippen molar-refractivity contribution in [1.29, 1.82) is 0 Å². The molecule has 10 nitrogen and oxygen atoms in total. The Hall–Kier alpha value is -2.37. The molecule has 1 aromatic carbocycles. The summed E-state index contributed by atoms with van der Waals surface area (Å²) in [7, 11) is -1.74. The van der Waals surface area contributed by atoms with E-state index in [0.717, 1.165) is 0 Å². The molecule has 0 aliphatic carbocycles. The van der Waals surface area contributed by atoms with E-state index in [4.69, 9.17) is 14.2 Å². The molecule has 0 spiro atoms. The van der Waals surface area contributed by atoms with Gasteiger partial charge in [0, 0.05) is 25.8 Å². The fraction of sp³-hybridized carbons (Fsp3) is 0.636. The molecule has 2 amide bonds. The quantitative estimate of drug-likeness (QED) is 0.669. The van der Waals surface area contributed by atoms with Crippen LogP contribution in [0, 0.1) is 0 Å². The minimum absolute atomic E-state index is 0.0605. The van der Waals surface area contributed by atoms with E-state index in [2.05, 4.69) is 4.72 Å². The second-order valence-electron chi connectivity index (χ2n) is 8.58. The van der Waals surface area contributed by atoms with Crippen molar-refractivity contribution < 1.29 is 32.2 Å². The zero-order valence-corrected chi connectivity index (χ0v) is 19.8.